The van der Waals surface area contributed by atoms with Gasteiger partial charge in [0.25, 0.3) is 5.91 Å². The second-order valence-corrected chi connectivity index (χ2v) is 4.12. The second kappa shape index (κ2) is 5.18. The number of hydrogen-bond donors (Lipinski definition) is 2. The van der Waals surface area contributed by atoms with Crippen LogP contribution in [0.1, 0.15) is 10.4 Å². The molecule has 2 aromatic carbocycles. The van der Waals surface area contributed by atoms with E-state index in [9.17, 15) is 13.6 Å². The molecule has 2 nitrogen and oxygen atoms in total. The van der Waals surface area contributed by atoms with E-state index in [-0.39, 0.29) is 5.56 Å². The first-order valence-electron chi connectivity index (χ1n) is 5.12. The van der Waals surface area contributed by atoms with Crippen molar-refractivity contribution < 1.29 is 13.6 Å². The molecule has 0 aromatic heterocycles. The molecule has 0 aliphatic rings. The number of halogens is 2. The maximum absolute atomic E-state index is 13.4. The number of carbonyl (C=O) groups excluding carboxylic acids is 1. The van der Waals surface area contributed by atoms with Crippen molar-refractivity contribution in [3.05, 3.63) is 59.7 Å². The van der Waals surface area contributed by atoms with Crippen molar-refractivity contribution in [2.45, 2.75) is 4.90 Å². The van der Waals surface area contributed by atoms with E-state index in [4.69, 9.17) is 0 Å². The van der Waals surface area contributed by atoms with Crippen LogP contribution in [0.15, 0.2) is 47.4 Å². The van der Waals surface area contributed by atoms with Crippen molar-refractivity contribution >= 4 is 24.2 Å². The minimum atomic E-state index is -1.15. The van der Waals surface area contributed by atoms with Gasteiger partial charge in [0.05, 0.1) is 5.56 Å². The Morgan fingerprint density at radius 1 is 1.06 bits per heavy atom. The Kier molecular flexibility index (Phi) is 3.62. The molecule has 0 heterocycles. The van der Waals surface area contributed by atoms with Crippen LogP contribution < -0.4 is 5.32 Å². The Labute approximate surface area is 108 Å². The van der Waals surface area contributed by atoms with Crippen molar-refractivity contribution in [1.29, 1.82) is 0 Å². The fraction of sp³-hybridized carbons (Fsp3) is 0. The molecule has 2 aromatic rings. The first kappa shape index (κ1) is 12.6. The lowest BCUT2D eigenvalue weighted by Gasteiger charge is -2.06. The molecule has 0 spiro atoms. The molecule has 1 N–H and O–H groups in total. The molecule has 0 aliphatic carbocycles. The van der Waals surface area contributed by atoms with Gasteiger partial charge in [-0.15, -0.1) is 12.6 Å². The summed E-state index contributed by atoms with van der Waals surface area (Å²) < 4.78 is 26.3. The summed E-state index contributed by atoms with van der Waals surface area (Å²) in [5.41, 5.74) is 0.159. The molecule has 0 atom stereocenters. The zero-order valence-corrected chi connectivity index (χ0v) is 10.0. The van der Waals surface area contributed by atoms with Crippen molar-refractivity contribution in [2.24, 2.45) is 0 Å². The van der Waals surface area contributed by atoms with Gasteiger partial charge in [-0.2, -0.15) is 0 Å². The van der Waals surface area contributed by atoms with Crippen molar-refractivity contribution in [3.63, 3.8) is 0 Å². The van der Waals surface area contributed by atoms with E-state index in [0.29, 0.717) is 5.69 Å². The molecule has 0 aliphatic heterocycles. The van der Waals surface area contributed by atoms with Gasteiger partial charge in [0.1, 0.15) is 0 Å². The van der Waals surface area contributed by atoms with Crippen LogP contribution in [0.3, 0.4) is 0 Å². The summed E-state index contributed by atoms with van der Waals surface area (Å²) in [7, 11) is 0. The van der Waals surface area contributed by atoms with Crippen LogP contribution >= 0.6 is 12.6 Å². The first-order chi connectivity index (χ1) is 8.58. The summed E-state index contributed by atoms with van der Waals surface area (Å²) in [6.07, 6.45) is 0. The number of benzene rings is 2. The highest BCUT2D eigenvalue weighted by Gasteiger charge is 2.14. The molecule has 0 saturated carbocycles. The first-order valence-corrected chi connectivity index (χ1v) is 5.57. The van der Waals surface area contributed by atoms with Crippen LogP contribution in [0.5, 0.6) is 0 Å². The molecule has 18 heavy (non-hydrogen) atoms. The number of rotatable bonds is 2. The third kappa shape index (κ3) is 2.68. The SMILES string of the molecule is O=C(Nc1ccc(S)cc1)c1cccc(F)c1F. The molecule has 0 unspecified atom stereocenters. The number of carbonyl (C=O) groups is 1. The summed E-state index contributed by atoms with van der Waals surface area (Å²) in [4.78, 5) is 12.5. The molecular formula is C13H9F2NOS. The van der Waals surface area contributed by atoms with Gasteiger partial charge in [0, 0.05) is 10.6 Å². The summed E-state index contributed by atoms with van der Waals surface area (Å²) in [5, 5.41) is 2.47. The molecule has 0 radical (unpaired) electrons. The highest BCUT2D eigenvalue weighted by molar-refractivity contribution is 7.80. The van der Waals surface area contributed by atoms with Crippen LogP contribution in [-0.2, 0) is 0 Å². The van der Waals surface area contributed by atoms with Gasteiger partial charge in [-0.3, -0.25) is 4.79 Å². The van der Waals surface area contributed by atoms with Gasteiger partial charge in [-0.25, -0.2) is 8.78 Å². The van der Waals surface area contributed by atoms with E-state index in [1.165, 1.54) is 12.1 Å². The lowest BCUT2D eigenvalue weighted by atomic mass is 10.2. The van der Waals surface area contributed by atoms with Crippen LogP contribution in [0, 0.1) is 11.6 Å². The topological polar surface area (TPSA) is 29.1 Å². The summed E-state index contributed by atoms with van der Waals surface area (Å²) in [5.74, 6) is -2.90. The van der Waals surface area contributed by atoms with Gasteiger partial charge in [-0.05, 0) is 36.4 Å². The number of amides is 1. The Hall–Kier alpha value is -1.88. The van der Waals surface area contributed by atoms with Crippen LogP contribution in [0.4, 0.5) is 14.5 Å². The van der Waals surface area contributed by atoms with E-state index < -0.39 is 17.5 Å². The van der Waals surface area contributed by atoms with E-state index >= 15 is 0 Å². The van der Waals surface area contributed by atoms with Crippen molar-refractivity contribution in [1.82, 2.24) is 0 Å². The van der Waals surface area contributed by atoms with Crippen molar-refractivity contribution in [3.8, 4) is 0 Å². The molecular weight excluding hydrogens is 256 g/mol. The molecule has 2 rings (SSSR count). The summed E-state index contributed by atoms with van der Waals surface area (Å²) in [6.45, 7) is 0. The number of anilines is 1. The maximum Gasteiger partial charge on any atom is 0.258 e. The minimum Gasteiger partial charge on any atom is -0.322 e. The third-order valence-corrected chi connectivity index (χ3v) is 2.62. The van der Waals surface area contributed by atoms with E-state index in [1.807, 2.05) is 0 Å². The number of nitrogens with one attached hydrogen (secondary N) is 1. The Morgan fingerprint density at radius 3 is 2.39 bits per heavy atom. The van der Waals surface area contributed by atoms with E-state index in [1.54, 1.807) is 24.3 Å². The average Bonchev–Trinajstić information content (AvgIpc) is 2.35. The maximum atomic E-state index is 13.4. The molecule has 0 saturated heterocycles. The number of thiol groups is 1. The van der Waals surface area contributed by atoms with Crippen molar-refractivity contribution in [2.75, 3.05) is 5.32 Å². The Morgan fingerprint density at radius 2 is 1.72 bits per heavy atom. The quantitative estimate of drug-likeness (QED) is 0.799. The highest BCUT2D eigenvalue weighted by atomic mass is 32.1. The van der Waals surface area contributed by atoms with Crippen LogP contribution in [-0.4, -0.2) is 5.91 Å². The number of hydrogen-bond acceptors (Lipinski definition) is 2. The zero-order chi connectivity index (χ0) is 13.1. The normalized spacial score (nSPS) is 10.2. The fourth-order valence-electron chi connectivity index (χ4n) is 1.42. The average molecular weight is 265 g/mol. The van der Waals surface area contributed by atoms with Gasteiger partial charge in [0.2, 0.25) is 0 Å². The lowest BCUT2D eigenvalue weighted by Crippen LogP contribution is -2.14. The molecule has 0 fully saturated rings. The second-order valence-electron chi connectivity index (χ2n) is 3.60. The molecule has 92 valence electrons. The third-order valence-electron chi connectivity index (χ3n) is 2.32. The van der Waals surface area contributed by atoms with E-state index in [2.05, 4.69) is 17.9 Å². The predicted octanol–water partition coefficient (Wildman–Crippen LogP) is 3.51. The van der Waals surface area contributed by atoms with Gasteiger partial charge in [0.15, 0.2) is 11.6 Å². The Bertz CT molecular complexity index is 584. The van der Waals surface area contributed by atoms with Crippen LogP contribution in [0.2, 0.25) is 0 Å². The minimum absolute atomic E-state index is 0.329. The highest BCUT2D eigenvalue weighted by Crippen LogP contribution is 2.16. The zero-order valence-electron chi connectivity index (χ0n) is 9.15. The monoisotopic (exact) mass is 265 g/mol. The summed E-state index contributed by atoms with van der Waals surface area (Å²) >= 11 is 4.10. The van der Waals surface area contributed by atoms with E-state index in [0.717, 1.165) is 11.0 Å². The smallest absolute Gasteiger partial charge is 0.258 e. The molecule has 1 amide bonds. The van der Waals surface area contributed by atoms with Gasteiger partial charge >= 0.3 is 0 Å². The molecule has 0 bridgehead atoms. The fourth-order valence-corrected chi connectivity index (χ4v) is 1.57. The lowest BCUT2D eigenvalue weighted by molar-refractivity contribution is 0.102. The van der Waals surface area contributed by atoms with Gasteiger partial charge < -0.3 is 5.32 Å². The largest absolute Gasteiger partial charge is 0.322 e. The predicted molar refractivity (Wildman–Crippen MR) is 68.0 cm³/mol. The molecule has 5 heteroatoms. The van der Waals surface area contributed by atoms with Crippen LogP contribution in [0.25, 0.3) is 0 Å². The summed E-state index contributed by atoms with van der Waals surface area (Å²) in [6, 6.07) is 10.1. The van der Waals surface area contributed by atoms with Gasteiger partial charge in [-0.1, -0.05) is 6.07 Å². The Balaban J connectivity index is 2.22. The standard InChI is InChI=1S/C13H9F2NOS/c14-11-3-1-2-10(12(11)15)13(17)16-8-4-6-9(18)7-5-8/h1-7,18H,(H,16,17).